The largest absolute Gasteiger partial charge is 0.507 e. The summed E-state index contributed by atoms with van der Waals surface area (Å²) in [5.74, 6) is 0.720. The summed E-state index contributed by atoms with van der Waals surface area (Å²) in [6.45, 7) is 4.77. The lowest BCUT2D eigenvalue weighted by molar-refractivity contribution is 0.0401. The Balaban J connectivity index is 1.32. The molecule has 0 aliphatic heterocycles. The van der Waals surface area contributed by atoms with Gasteiger partial charge in [-0.2, -0.15) is 5.10 Å². The lowest BCUT2D eigenvalue weighted by atomic mass is 9.69. The van der Waals surface area contributed by atoms with Gasteiger partial charge in [-0.25, -0.2) is 0 Å². The number of aromatic amines is 1. The van der Waals surface area contributed by atoms with Crippen LogP contribution >= 0.6 is 0 Å². The first-order chi connectivity index (χ1) is 13.9. The van der Waals surface area contributed by atoms with Gasteiger partial charge in [0.25, 0.3) is 0 Å². The highest BCUT2D eigenvalue weighted by Gasteiger charge is 2.49. The highest BCUT2D eigenvalue weighted by Crippen LogP contribution is 2.58. The van der Waals surface area contributed by atoms with E-state index in [9.17, 15) is 5.11 Å². The SMILES string of the molecule is C[C@]12CC[C@](C)(CC(Oc3ccc(-c4ccc(-c5cn[nH]c5)cc4O)nn3)C1)C2. The van der Waals surface area contributed by atoms with Crippen molar-refractivity contribution in [2.75, 3.05) is 0 Å². The summed E-state index contributed by atoms with van der Waals surface area (Å²) in [6.07, 6.45) is 9.77. The Morgan fingerprint density at radius 3 is 2.45 bits per heavy atom. The molecule has 6 nitrogen and oxygen atoms in total. The van der Waals surface area contributed by atoms with Crippen molar-refractivity contribution >= 4 is 0 Å². The van der Waals surface area contributed by atoms with E-state index in [1.165, 1.54) is 19.3 Å². The number of rotatable bonds is 4. The Morgan fingerprint density at radius 1 is 1.03 bits per heavy atom. The molecule has 2 aliphatic carbocycles. The van der Waals surface area contributed by atoms with Crippen LogP contribution in [0.15, 0.2) is 42.7 Å². The second-order valence-electron chi connectivity index (χ2n) is 9.42. The molecule has 0 spiro atoms. The van der Waals surface area contributed by atoms with E-state index in [1.807, 2.05) is 24.3 Å². The maximum Gasteiger partial charge on any atom is 0.233 e. The number of hydrogen-bond donors (Lipinski definition) is 2. The first-order valence-electron chi connectivity index (χ1n) is 10.2. The molecule has 3 aromatic rings. The summed E-state index contributed by atoms with van der Waals surface area (Å²) in [4.78, 5) is 0. The third-order valence-electron chi connectivity index (χ3n) is 6.66. The predicted molar refractivity (Wildman–Crippen MR) is 110 cm³/mol. The van der Waals surface area contributed by atoms with Crippen LogP contribution in [0.1, 0.15) is 46.0 Å². The number of ether oxygens (including phenoxy) is 1. The fourth-order valence-electron chi connectivity index (χ4n) is 5.45. The van der Waals surface area contributed by atoms with E-state index < -0.39 is 0 Å². The number of nitrogens with zero attached hydrogens (tertiary/aromatic N) is 3. The monoisotopic (exact) mass is 390 g/mol. The molecule has 3 atom stereocenters. The number of hydrogen-bond acceptors (Lipinski definition) is 5. The second kappa shape index (κ2) is 6.58. The number of aromatic nitrogens is 4. The van der Waals surface area contributed by atoms with Crippen LogP contribution in [0.5, 0.6) is 11.6 Å². The topological polar surface area (TPSA) is 83.9 Å². The molecule has 2 aliphatic rings. The molecule has 0 radical (unpaired) electrons. The molecule has 0 saturated heterocycles. The molecule has 2 N–H and O–H groups in total. The first-order valence-corrected chi connectivity index (χ1v) is 10.2. The average Bonchev–Trinajstić information content (AvgIpc) is 3.28. The third-order valence-corrected chi connectivity index (χ3v) is 6.66. The van der Waals surface area contributed by atoms with Crippen molar-refractivity contribution in [2.45, 2.75) is 52.1 Å². The van der Waals surface area contributed by atoms with Gasteiger partial charge in [0.2, 0.25) is 5.88 Å². The standard InChI is InChI=1S/C23H26N4O2/c1-22-7-8-23(2,14-22)11-17(10-22)29-21-6-5-19(26-27-21)18-4-3-15(9-20(18)28)16-12-24-25-13-16/h3-6,9,12-13,17,28H,7-8,10-11,14H2,1-2H3,(H,24,25)/t17?,22-,23+. The van der Waals surface area contributed by atoms with E-state index in [4.69, 9.17) is 4.74 Å². The van der Waals surface area contributed by atoms with Crippen LogP contribution in [0.25, 0.3) is 22.4 Å². The van der Waals surface area contributed by atoms with E-state index in [-0.39, 0.29) is 11.9 Å². The van der Waals surface area contributed by atoms with Gasteiger partial charge in [0.05, 0.1) is 11.9 Å². The minimum absolute atomic E-state index is 0.163. The van der Waals surface area contributed by atoms with Crippen LogP contribution < -0.4 is 4.74 Å². The molecular weight excluding hydrogens is 364 g/mol. The molecule has 150 valence electrons. The fraction of sp³-hybridized carbons (Fsp3) is 0.435. The Morgan fingerprint density at radius 2 is 1.83 bits per heavy atom. The number of nitrogens with one attached hydrogen (secondary N) is 1. The van der Waals surface area contributed by atoms with Crippen molar-refractivity contribution in [3.05, 3.63) is 42.7 Å². The predicted octanol–water partition coefficient (Wildman–Crippen LogP) is 4.98. The number of phenols is 1. The van der Waals surface area contributed by atoms with Gasteiger partial charge in [-0.05, 0) is 66.7 Å². The highest BCUT2D eigenvalue weighted by molar-refractivity contribution is 5.73. The van der Waals surface area contributed by atoms with Crippen molar-refractivity contribution in [1.29, 1.82) is 0 Å². The van der Waals surface area contributed by atoms with Gasteiger partial charge in [0, 0.05) is 23.4 Å². The molecule has 2 fully saturated rings. The fourth-order valence-corrected chi connectivity index (χ4v) is 5.45. The van der Waals surface area contributed by atoms with E-state index >= 15 is 0 Å². The van der Waals surface area contributed by atoms with Gasteiger partial charge in [-0.3, -0.25) is 5.10 Å². The van der Waals surface area contributed by atoms with Gasteiger partial charge < -0.3 is 9.84 Å². The molecule has 6 heteroatoms. The number of benzene rings is 1. The van der Waals surface area contributed by atoms with Crippen molar-refractivity contribution in [3.63, 3.8) is 0 Å². The molecule has 1 unspecified atom stereocenters. The maximum atomic E-state index is 10.5. The molecule has 1 aromatic carbocycles. The third kappa shape index (κ3) is 3.48. The second-order valence-corrected chi connectivity index (χ2v) is 9.42. The van der Waals surface area contributed by atoms with Crippen LogP contribution in [0.2, 0.25) is 0 Å². The first kappa shape index (κ1) is 18.2. The molecule has 2 saturated carbocycles. The van der Waals surface area contributed by atoms with Crippen molar-refractivity contribution < 1.29 is 9.84 Å². The molecule has 2 heterocycles. The number of aromatic hydroxyl groups is 1. The number of fused-ring (bicyclic) bond motifs is 2. The summed E-state index contributed by atoms with van der Waals surface area (Å²) in [5.41, 5.74) is 3.87. The van der Waals surface area contributed by atoms with Crippen LogP contribution in [-0.4, -0.2) is 31.6 Å². The summed E-state index contributed by atoms with van der Waals surface area (Å²) < 4.78 is 6.21. The van der Waals surface area contributed by atoms with E-state index in [1.54, 1.807) is 18.5 Å². The normalized spacial score (nSPS) is 28.4. The lowest BCUT2D eigenvalue weighted by Gasteiger charge is -2.39. The quantitative estimate of drug-likeness (QED) is 0.656. The van der Waals surface area contributed by atoms with E-state index in [0.29, 0.717) is 28.0 Å². The van der Waals surface area contributed by atoms with Crippen molar-refractivity contribution in [2.24, 2.45) is 10.8 Å². The summed E-state index contributed by atoms with van der Waals surface area (Å²) >= 11 is 0. The van der Waals surface area contributed by atoms with E-state index in [2.05, 4.69) is 34.2 Å². The molecule has 5 rings (SSSR count). The van der Waals surface area contributed by atoms with Gasteiger partial charge in [-0.1, -0.05) is 19.9 Å². The molecule has 2 bridgehead atoms. The van der Waals surface area contributed by atoms with Gasteiger partial charge in [0.15, 0.2) is 0 Å². The zero-order valence-corrected chi connectivity index (χ0v) is 16.9. The van der Waals surface area contributed by atoms with Crippen LogP contribution in [0.3, 0.4) is 0 Å². The molecule has 2 aromatic heterocycles. The average molecular weight is 390 g/mol. The number of phenolic OH excluding ortho intramolecular Hbond substituents is 1. The van der Waals surface area contributed by atoms with Crippen molar-refractivity contribution in [1.82, 2.24) is 20.4 Å². The van der Waals surface area contributed by atoms with Gasteiger partial charge in [-0.15, -0.1) is 10.2 Å². The summed E-state index contributed by atoms with van der Waals surface area (Å²) in [6, 6.07) is 9.21. The smallest absolute Gasteiger partial charge is 0.233 e. The lowest BCUT2D eigenvalue weighted by Crippen LogP contribution is -2.36. The zero-order chi connectivity index (χ0) is 20.1. The van der Waals surface area contributed by atoms with Crippen LogP contribution in [0, 0.1) is 10.8 Å². The number of H-pyrrole nitrogens is 1. The Labute approximate surface area is 170 Å². The van der Waals surface area contributed by atoms with E-state index in [0.717, 1.165) is 24.0 Å². The Hall–Kier alpha value is -2.89. The Kier molecular flexibility index (Phi) is 4.12. The molecular formula is C23H26N4O2. The molecule has 29 heavy (non-hydrogen) atoms. The van der Waals surface area contributed by atoms with Crippen molar-refractivity contribution in [3.8, 4) is 34.0 Å². The highest BCUT2D eigenvalue weighted by atomic mass is 16.5. The minimum atomic E-state index is 0.163. The van der Waals surface area contributed by atoms with Crippen LogP contribution in [0.4, 0.5) is 0 Å². The summed E-state index contributed by atoms with van der Waals surface area (Å²) in [5, 5.41) is 25.8. The van der Waals surface area contributed by atoms with Gasteiger partial charge in [0.1, 0.15) is 11.9 Å². The molecule has 0 amide bonds. The zero-order valence-electron chi connectivity index (χ0n) is 16.9. The van der Waals surface area contributed by atoms with Gasteiger partial charge >= 0.3 is 0 Å². The maximum absolute atomic E-state index is 10.5. The van der Waals surface area contributed by atoms with Crippen LogP contribution in [-0.2, 0) is 0 Å². The Bertz CT molecular complexity index is 1000. The minimum Gasteiger partial charge on any atom is -0.507 e. The summed E-state index contributed by atoms with van der Waals surface area (Å²) in [7, 11) is 0.